The molecule has 1 aromatic heterocycles. The maximum Gasteiger partial charge on any atom is 0.163 e. The monoisotopic (exact) mass is 220 g/mol. The first-order valence-electron chi connectivity index (χ1n) is 5.33. The molecule has 0 spiro atoms. The van der Waals surface area contributed by atoms with E-state index in [0.29, 0.717) is 12.4 Å². The number of piperidine rings is 1. The van der Waals surface area contributed by atoms with Crippen LogP contribution in [-0.4, -0.2) is 29.5 Å². The van der Waals surface area contributed by atoms with Gasteiger partial charge in [0.25, 0.3) is 0 Å². The van der Waals surface area contributed by atoms with E-state index >= 15 is 0 Å². The molecule has 4 nitrogen and oxygen atoms in total. The van der Waals surface area contributed by atoms with Gasteiger partial charge in [-0.25, -0.2) is 4.39 Å². The van der Waals surface area contributed by atoms with Crippen LogP contribution in [0.1, 0.15) is 19.0 Å². The highest BCUT2D eigenvalue weighted by Gasteiger charge is 2.26. The molecule has 0 aliphatic carbocycles. The average Bonchev–Trinajstić information content (AvgIpc) is 2.33. The summed E-state index contributed by atoms with van der Waals surface area (Å²) in [5.74, 6) is 0.760. The first-order valence-corrected chi connectivity index (χ1v) is 5.33. The van der Waals surface area contributed by atoms with E-state index < -0.39 is 6.17 Å². The van der Waals surface area contributed by atoms with Crippen molar-refractivity contribution in [1.29, 1.82) is 5.26 Å². The molecule has 2 atom stereocenters. The van der Waals surface area contributed by atoms with Gasteiger partial charge in [-0.05, 0) is 24.5 Å². The Bertz CT molecular complexity index is 397. The number of anilines is 1. The Balaban J connectivity index is 2.10. The molecule has 1 saturated heterocycles. The molecule has 0 N–H and O–H groups in total. The largest absolute Gasteiger partial charge is 0.352 e. The predicted octanol–water partition coefficient (Wildman–Crippen LogP) is 1.53. The van der Waals surface area contributed by atoms with E-state index in [1.54, 1.807) is 12.1 Å². The summed E-state index contributed by atoms with van der Waals surface area (Å²) in [5, 5.41) is 16.3. The van der Waals surface area contributed by atoms with Crippen LogP contribution in [0, 0.1) is 17.2 Å². The second kappa shape index (κ2) is 4.44. The summed E-state index contributed by atoms with van der Waals surface area (Å²) < 4.78 is 13.5. The van der Waals surface area contributed by atoms with Crippen LogP contribution in [0.15, 0.2) is 12.1 Å². The lowest BCUT2D eigenvalue weighted by Gasteiger charge is -2.33. The average molecular weight is 220 g/mol. The van der Waals surface area contributed by atoms with E-state index in [1.807, 2.05) is 17.9 Å². The van der Waals surface area contributed by atoms with Crippen molar-refractivity contribution in [2.24, 2.45) is 5.92 Å². The molecular weight excluding hydrogens is 207 g/mol. The van der Waals surface area contributed by atoms with Gasteiger partial charge in [-0.2, -0.15) is 5.26 Å². The van der Waals surface area contributed by atoms with E-state index in [2.05, 4.69) is 10.2 Å². The highest BCUT2D eigenvalue weighted by Crippen LogP contribution is 2.23. The van der Waals surface area contributed by atoms with Gasteiger partial charge < -0.3 is 4.90 Å². The van der Waals surface area contributed by atoms with Crippen LogP contribution in [-0.2, 0) is 0 Å². The summed E-state index contributed by atoms with van der Waals surface area (Å²) in [6.07, 6.45) is 0.00856. The van der Waals surface area contributed by atoms with Crippen molar-refractivity contribution in [3.05, 3.63) is 17.8 Å². The van der Waals surface area contributed by atoms with E-state index in [0.717, 1.165) is 13.0 Å². The minimum atomic E-state index is -0.814. The number of hydrogen-bond acceptors (Lipinski definition) is 4. The van der Waals surface area contributed by atoms with Gasteiger partial charge in [-0.3, -0.25) is 0 Å². The highest BCUT2D eigenvalue weighted by molar-refractivity contribution is 5.39. The molecule has 84 valence electrons. The lowest BCUT2D eigenvalue weighted by molar-refractivity contribution is 0.211. The summed E-state index contributed by atoms with van der Waals surface area (Å²) in [6.45, 7) is 3.08. The highest BCUT2D eigenvalue weighted by atomic mass is 19.1. The van der Waals surface area contributed by atoms with Gasteiger partial charge >= 0.3 is 0 Å². The van der Waals surface area contributed by atoms with Gasteiger partial charge in [0.2, 0.25) is 0 Å². The minimum Gasteiger partial charge on any atom is -0.352 e. The Morgan fingerprint density at radius 1 is 1.50 bits per heavy atom. The Morgan fingerprint density at radius 3 is 2.88 bits per heavy atom. The number of nitrogens with zero attached hydrogens (tertiary/aromatic N) is 4. The second-order valence-electron chi connectivity index (χ2n) is 4.12. The van der Waals surface area contributed by atoms with Crippen LogP contribution in [0.2, 0.25) is 0 Å². The molecule has 1 fully saturated rings. The third kappa shape index (κ3) is 2.11. The van der Waals surface area contributed by atoms with Crippen LogP contribution < -0.4 is 4.90 Å². The quantitative estimate of drug-likeness (QED) is 0.720. The molecule has 1 aliphatic heterocycles. The van der Waals surface area contributed by atoms with Crippen LogP contribution in [0.25, 0.3) is 0 Å². The normalized spacial score (nSPS) is 25.2. The number of alkyl halides is 1. The van der Waals surface area contributed by atoms with E-state index in [9.17, 15) is 4.39 Å². The summed E-state index contributed by atoms with van der Waals surface area (Å²) in [6, 6.07) is 5.23. The summed E-state index contributed by atoms with van der Waals surface area (Å²) in [5.41, 5.74) is 0.283. The van der Waals surface area contributed by atoms with Crippen molar-refractivity contribution in [3.63, 3.8) is 0 Å². The molecule has 1 unspecified atom stereocenters. The van der Waals surface area contributed by atoms with E-state index in [-0.39, 0.29) is 11.6 Å². The van der Waals surface area contributed by atoms with Crippen molar-refractivity contribution in [3.8, 4) is 6.07 Å². The van der Waals surface area contributed by atoms with Gasteiger partial charge in [0.05, 0.1) is 6.54 Å². The minimum absolute atomic E-state index is 0.114. The predicted molar refractivity (Wildman–Crippen MR) is 57.6 cm³/mol. The fraction of sp³-hybridized carbons (Fsp3) is 0.545. The SMILES string of the molecule is CC1CCN(c2ccc(C#N)nn2)C[C@@H]1F. The number of nitriles is 1. The lowest BCUT2D eigenvalue weighted by atomic mass is 9.97. The number of aromatic nitrogens is 2. The molecule has 16 heavy (non-hydrogen) atoms. The van der Waals surface area contributed by atoms with Gasteiger partial charge in [-0.1, -0.05) is 6.92 Å². The standard InChI is InChI=1S/C11H13FN4/c1-8-4-5-16(7-10(8)12)11-3-2-9(6-13)14-15-11/h2-3,8,10H,4-5,7H2,1H3/t8?,10-/m0/s1. The third-order valence-corrected chi connectivity index (χ3v) is 2.96. The molecule has 0 saturated carbocycles. The van der Waals surface area contributed by atoms with Gasteiger partial charge in [-0.15, -0.1) is 10.2 Å². The molecule has 0 aromatic carbocycles. The number of rotatable bonds is 1. The molecule has 0 radical (unpaired) electrons. The van der Waals surface area contributed by atoms with Crippen molar-refractivity contribution in [1.82, 2.24) is 10.2 Å². The van der Waals surface area contributed by atoms with Gasteiger partial charge in [0.1, 0.15) is 12.2 Å². The lowest BCUT2D eigenvalue weighted by Crippen LogP contribution is -2.41. The van der Waals surface area contributed by atoms with E-state index in [1.165, 1.54) is 0 Å². The molecule has 0 bridgehead atoms. The molecule has 1 aromatic rings. The Hall–Kier alpha value is -1.70. The fourth-order valence-electron chi connectivity index (χ4n) is 1.78. The summed E-state index contributed by atoms with van der Waals surface area (Å²) in [7, 11) is 0. The van der Waals surface area contributed by atoms with Crippen molar-refractivity contribution < 1.29 is 4.39 Å². The molecule has 1 aliphatic rings. The summed E-state index contributed by atoms with van der Waals surface area (Å²) >= 11 is 0. The van der Waals surface area contributed by atoms with E-state index in [4.69, 9.17) is 5.26 Å². The van der Waals surface area contributed by atoms with Crippen LogP contribution in [0.3, 0.4) is 0 Å². The summed E-state index contributed by atoms with van der Waals surface area (Å²) in [4.78, 5) is 1.87. The molecule has 5 heteroatoms. The van der Waals surface area contributed by atoms with Gasteiger partial charge in [0.15, 0.2) is 11.5 Å². The van der Waals surface area contributed by atoms with Crippen LogP contribution >= 0.6 is 0 Å². The van der Waals surface area contributed by atoms with Crippen molar-refractivity contribution in [2.45, 2.75) is 19.5 Å². The van der Waals surface area contributed by atoms with Crippen molar-refractivity contribution in [2.75, 3.05) is 18.0 Å². The van der Waals surface area contributed by atoms with Crippen LogP contribution in [0.5, 0.6) is 0 Å². The zero-order valence-electron chi connectivity index (χ0n) is 9.10. The molecule has 2 heterocycles. The molecule has 0 amide bonds. The fourth-order valence-corrected chi connectivity index (χ4v) is 1.78. The smallest absolute Gasteiger partial charge is 0.163 e. The first kappa shape index (κ1) is 10.8. The zero-order valence-corrected chi connectivity index (χ0v) is 9.10. The third-order valence-electron chi connectivity index (χ3n) is 2.96. The molecular formula is C11H13FN4. The zero-order chi connectivity index (χ0) is 11.5. The maximum atomic E-state index is 13.5. The maximum absolute atomic E-state index is 13.5. The first-order chi connectivity index (χ1) is 7.70. The topological polar surface area (TPSA) is 52.8 Å². The van der Waals surface area contributed by atoms with Gasteiger partial charge in [0, 0.05) is 6.54 Å². The van der Waals surface area contributed by atoms with Crippen LogP contribution in [0.4, 0.5) is 10.2 Å². The molecule has 2 rings (SSSR count). The Labute approximate surface area is 93.7 Å². The Kier molecular flexibility index (Phi) is 3.00. The number of hydrogen-bond donors (Lipinski definition) is 0. The second-order valence-corrected chi connectivity index (χ2v) is 4.12. The Morgan fingerprint density at radius 2 is 2.31 bits per heavy atom. The van der Waals surface area contributed by atoms with Crippen molar-refractivity contribution >= 4 is 5.82 Å². The number of halogens is 1.